The van der Waals surface area contributed by atoms with Crippen LogP contribution in [0, 0.1) is 11.8 Å². The topological polar surface area (TPSA) is 35.5 Å². The van der Waals surface area contributed by atoms with E-state index in [0.717, 1.165) is 18.4 Å². The summed E-state index contributed by atoms with van der Waals surface area (Å²) in [6.07, 6.45) is 1.37. The number of nitrogens with one attached hydrogen (secondary N) is 1. The van der Waals surface area contributed by atoms with Gasteiger partial charge in [-0.2, -0.15) is 0 Å². The van der Waals surface area contributed by atoms with Gasteiger partial charge in [-0.05, 0) is 39.3 Å². The normalized spacial score (nSPS) is 30.4. The summed E-state index contributed by atoms with van der Waals surface area (Å²) in [6.45, 7) is 6.62. The maximum atomic E-state index is 9.25. The van der Waals surface area contributed by atoms with Gasteiger partial charge in [0.25, 0.3) is 0 Å². The van der Waals surface area contributed by atoms with Gasteiger partial charge in [0.2, 0.25) is 0 Å². The Balaban J connectivity index is 2.27. The number of hydrogen-bond donors (Lipinski definition) is 2. The molecule has 0 saturated heterocycles. The van der Waals surface area contributed by atoms with Crippen LogP contribution in [0.3, 0.4) is 0 Å². The van der Waals surface area contributed by atoms with Crippen molar-refractivity contribution in [1.29, 1.82) is 0 Å². The molecule has 3 heteroatoms. The predicted molar refractivity (Wildman–Crippen MR) is 59.3 cm³/mol. The third-order valence-corrected chi connectivity index (χ3v) is 3.39. The summed E-state index contributed by atoms with van der Waals surface area (Å²) in [7, 11) is 4.04. The minimum absolute atomic E-state index is 0.160. The number of aliphatic hydroxyl groups is 1. The number of hydrogen-bond acceptors (Lipinski definition) is 3. The molecule has 1 aliphatic rings. The van der Waals surface area contributed by atoms with Gasteiger partial charge in [0, 0.05) is 13.1 Å². The van der Waals surface area contributed by atoms with E-state index >= 15 is 0 Å². The Morgan fingerprint density at radius 1 is 1.57 bits per heavy atom. The number of nitrogens with zero attached hydrogens (tertiary/aromatic N) is 1. The van der Waals surface area contributed by atoms with E-state index in [2.05, 4.69) is 31.1 Å². The Labute approximate surface area is 87.5 Å². The molecule has 0 aromatic rings. The van der Waals surface area contributed by atoms with E-state index in [-0.39, 0.29) is 12.1 Å². The summed E-state index contributed by atoms with van der Waals surface area (Å²) < 4.78 is 0. The van der Waals surface area contributed by atoms with E-state index in [0.29, 0.717) is 0 Å². The second kappa shape index (κ2) is 4.60. The van der Waals surface area contributed by atoms with Gasteiger partial charge in [-0.15, -0.1) is 0 Å². The summed E-state index contributed by atoms with van der Waals surface area (Å²) in [4.78, 5) is 2.32. The Morgan fingerprint density at radius 2 is 2.14 bits per heavy atom. The van der Waals surface area contributed by atoms with Crippen molar-refractivity contribution < 1.29 is 5.11 Å². The van der Waals surface area contributed by atoms with Gasteiger partial charge in [-0.1, -0.05) is 6.92 Å². The molecule has 2 N–H and O–H groups in total. The molecule has 0 aliphatic heterocycles. The van der Waals surface area contributed by atoms with Crippen molar-refractivity contribution in [3.8, 4) is 0 Å². The lowest BCUT2D eigenvalue weighted by atomic mass is 10.0. The molecule has 0 amide bonds. The second-order valence-electron chi connectivity index (χ2n) is 5.14. The first-order valence-corrected chi connectivity index (χ1v) is 5.49. The van der Waals surface area contributed by atoms with Crippen molar-refractivity contribution >= 4 is 0 Å². The molecule has 3 unspecified atom stereocenters. The molecule has 3 nitrogen and oxygen atoms in total. The minimum atomic E-state index is -0.160. The van der Waals surface area contributed by atoms with E-state index in [9.17, 15) is 5.11 Å². The maximum Gasteiger partial charge on any atom is 0.0623 e. The summed E-state index contributed by atoms with van der Waals surface area (Å²) in [5.41, 5.74) is -0.160. The Bertz CT molecular complexity index is 180. The average molecular weight is 200 g/mol. The fourth-order valence-corrected chi connectivity index (χ4v) is 1.92. The molecular formula is C11H24N2O. The zero-order valence-electron chi connectivity index (χ0n) is 9.88. The largest absolute Gasteiger partial charge is 0.394 e. The van der Waals surface area contributed by atoms with Crippen LogP contribution in [0.25, 0.3) is 0 Å². The molecule has 84 valence electrons. The van der Waals surface area contributed by atoms with Crippen molar-refractivity contribution in [1.82, 2.24) is 10.2 Å². The molecule has 1 saturated carbocycles. The zero-order valence-corrected chi connectivity index (χ0v) is 9.88. The van der Waals surface area contributed by atoms with Gasteiger partial charge in [0.15, 0.2) is 0 Å². The van der Waals surface area contributed by atoms with Gasteiger partial charge >= 0.3 is 0 Å². The first-order chi connectivity index (χ1) is 6.50. The van der Waals surface area contributed by atoms with Crippen LogP contribution in [-0.4, -0.2) is 49.3 Å². The highest BCUT2D eigenvalue weighted by molar-refractivity contribution is 4.88. The van der Waals surface area contributed by atoms with E-state index < -0.39 is 0 Å². The molecule has 1 rings (SSSR count). The van der Waals surface area contributed by atoms with Crippen molar-refractivity contribution in [3.05, 3.63) is 0 Å². The molecule has 0 bridgehead atoms. The third kappa shape index (κ3) is 3.23. The lowest BCUT2D eigenvalue weighted by Crippen LogP contribution is -2.52. The molecule has 0 heterocycles. The molecule has 14 heavy (non-hydrogen) atoms. The van der Waals surface area contributed by atoms with E-state index in [4.69, 9.17) is 0 Å². The van der Waals surface area contributed by atoms with Crippen LogP contribution >= 0.6 is 0 Å². The summed E-state index contributed by atoms with van der Waals surface area (Å²) >= 11 is 0. The smallest absolute Gasteiger partial charge is 0.0623 e. The van der Waals surface area contributed by atoms with E-state index in [1.165, 1.54) is 13.0 Å². The fourth-order valence-electron chi connectivity index (χ4n) is 1.92. The van der Waals surface area contributed by atoms with Gasteiger partial charge in [-0.3, -0.25) is 0 Å². The van der Waals surface area contributed by atoms with Crippen molar-refractivity contribution in [2.75, 3.05) is 33.8 Å². The Morgan fingerprint density at radius 3 is 2.50 bits per heavy atom. The molecule has 1 fully saturated rings. The van der Waals surface area contributed by atoms with Crippen molar-refractivity contribution in [2.45, 2.75) is 25.8 Å². The summed E-state index contributed by atoms with van der Waals surface area (Å²) in [5.74, 6) is 1.80. The minimum Gasteiger partial charge on any atom is -0.394 e. The van der Waals surface area contributed by atoms with Crippen LogP contribution in [0.2, 0.25) is 0 Å². The summed E-state index contributed by atoms with van der Waals surface area (Å²) in [6, 6.07) is 0. The fraction of sp³-hybridized carbons (Fsp3) is 1.00. The first kappa shape index (κ1) is 12.0. The molecule has 0 spiro atoms. The highest BCUT2D eigenvalue weighted by Crippen LogP contribution is 2.38. The predicted octanol–water partition coefficient (Wildman–Crippen LogP) is 0.545. The molecule has 0 aromatic carbocycles. The van der Waals surface area contributed by atoms with E-state index in [1.54, 1.807) is 0 Å². The zero-order chi connectivity index (χ0) is 10.8. The average Bonchev–Trinajstić information content (AvgIpc) is 2.81. The number of likely N-dealkylation sites (N-methyl/N-ethyl adjacent to an activating group) is 2. The van der Waals surface area contributed by atoms with Crippen molar-refractivity contribution in [2.24, 2.45) is 11.8 Å². The monoisotopic (exact) mass is 200 g/mol. The highest BCUT2D eigenvalue weighted by Gasteiger charge is 2.34. The van der Waals surface area contributed by atoms with Crippen LogP contribution < -0.4 is 5.32 Å². The molecule has 3 atom stereocenters. The lowest BCUT2D eigenvalue weighted by Gasteiger charge is -2.32. The Kier molecular flexibility index (Phi) is 3.93. The van der Waals surface area contributed by atoms with Gasteiger partial charge in [-0.25, -0.2) is 0 Å². The lowest BCUT2D eigenvalue weighted by molar-refractivity contribution is 0.136. The van der Waals surface area contributed by atoms with Gasteiger partial charge in [0.1, 0.15) is 0 Å². The summed E-state index contributed by atoms with van der Waals surface area (Å²) in [5, 5.41) is 12.4. The quantitative estimate of drug-likeness (QED) is 0.657. The van der Waals surface area contributed by atoms with Crippen LogP contribution in [-0.2, 0) is 0 Å². The van der Waals surface area contributed by atoms with Gasteiger partial charge < -0.3 is 15.3 Å². The highest BCUT2D eigenvalue weighted by atomic mass is 16.3. The van der Waals surface area contributed by atoms with Crippen LogP contribution in [0.1, 0.15) is 20.3 Å². The Hall–Kier alpha value is -0.120. The van der Waals surface area contributed by atoms with Crippen LogP contribution in [0.4, 0.5) is 0 Å². The number of rotatable bonds is 6. The molecule has 0 aromatic heterocycles. The molecule has 0 radical (unpaired) electrons. The number of aliphatic hydroxyl groups excluding tert-OH is 1. The van der Waals surface area contributed by atoms with Crippen LogP contribution in [0.5, 0.6) is 0 Å². The first-order valence-electron chi connectivity index (χ1n) is 5.49. The van der Waals surface area contributed by atoms with E-state index in [1.807, 2.05) is 7.05 Å². The van der Waals surface area contributed by atoms with Crippen LogP contribution in [0.15, 0.2) is 0 Å². The molecular weight excluding hydrogens is 176 g/mol. The van der Waals surface area contributed by atoms with Crippen molar-refractivity contribution in [3.63, 3.8) is 0 Å². The second-order valence-corrected chi connectivity index (χ2v) is 5.14. The van der Waals surface area contributed by atoms with Gasteiger partial charge in [0.05, 0.1) is 12.1 Å². The standard InChI is InChI=1S/C11H24N2O/c1-9-5-10(9)6-13(4)7-11(2,8-14)12-3/h9-10,12,14H,5-8H2,1-4H3. The maximum absolute atomic E-state index is 9.25. The third-order valence-electron chi connectivity index (χ3n) is 3.39. The molecule has 1 aliphatic carbocycles. The SMILES string of the molecule is CNC(C)(CO)CN(C)CC1CC1C.